The Morgan fingerprint density at radius 1 is 1.03 bits per heavy atom. The van der Waals surface area contributed by atoms with Crippen LogP contribution in [0.15, 0.2) is 53.4 Å². The van der Waals surface area contributed by atoms with Crippen molar-refractivity contribution in [2.24, 2.45) is 0 Å². The van der Waals surface area contributed by atoms with E-state index in [9.17, 15) is 26.4 Å². The van der Waals surface area contributed by atoms with Crippen molar-refractivity contribution < 1.29 is 26.4 Å². The van der Waals surface area contributed by atoms with E-state index < -0.39 is 31.7 Å². The monoisotopic (exact) mass is 448 g/mol. The lowest BCUT2D eigenvalue weighted by atomic mass is 10.1. The van der Waals surface area contributed by atoms with Crippen LogP contribution >= 0.6 is 11.6 Å². The van der Waals surface area contributed by atoms with Gasteiger partial charge in [0.15, 0.2) is 0 Å². The number of benzene rings is 2. The molecule has 0 saturated heterocycles. The minimum atomic E-state index is -4.78. The fraction of sp³-hybridized carbons (Fsp3) is 0.316. The van der Waals surface area contributed by atoms with Crippen LogP contribution < -0.4 is 10.0 Å². The third-order valence-corrected chi connectivity index (χ3v) is 5.79. The van der Waals surface area contributed by atoms with Gasteiger partial charge in [-0.3, -0.25) is 4.79 Å². The summed E-state index contributed by atoms with van der Waals surface area (Å²) in [7, 11) is -4.21. The Balaban J connectivity index is 1.79. The molecule has 0 spiro atoms. The molecule has 5 nitrogen and oxygen atoms in total. The molecule has 29 heavy (non-hydrogen) atoms. The Morgan fingerprint density at radius 2 is 1.72 bits per heavy atom. The van der Waals surface area contributed by atoms with Crippen molar-refractivity contribution in [2.45, 2.75) is 30.3 Å². The maximum atomic E-state index is 12.9. The number of amides is 1. The largest absolute Gasteiger partial charge is 0.417 e. The van der Waals surface area contributed by atoms with Gasteiger partial charge in [0.2, 0.25) is 15.9 Å². The summed E-state index contributed by atoms with van der Waals surface area (Å²) in [4.78, 5) is 11.2. The van der Waals surface area contributed by atoms with Crippen LogP contribution in [0.3, 0.4) is 0 Å². The number of rotatable bonds is 9. The second-order valence-corrected chi connectivity index (χ2v) is 8.40. The van der Waals surface area contributed by atoms with Crippen molar-refractivity contribution in [2.75, 3.05) is 13.1 Å². The summed E-state index contributed by atoms with van der Waals surface area (Å²) in [5.74, 6) is -0.354. The first-order chi connectivity index (χ1) is 13.6. The van der Waals surface area contributed by atoms with Crippen LogP contribution in [0.2, 0.25) is 5.02 Å². The number of carbonyl (C=O) groups excluding carboxylic acids is 1. The molecule has 0 radical (unpaired) electrons. The van der Waals surface area contributed by atoms with Crippen LogP contribution in [-0.2, 0) is 27.4 Å². The predicted octanol–water partition coefficient (Wildman–Crippen LogP) is 3.78. The number of sulfonamides is 1. The van der Waals surface area contributed by atoms with E-state index in [1.807, 2.05) is 30.3 Å². The number of aryl methyl sites for hydroxylation is 1. The van der Waals surface area contributed by atoms with Gasteiger partial charge in [-0.2, -0.15) is 13.2 Å². The fourth-order valence-electron chi connectivity index (χ4n) is 2.52. The lowest BCUT2D eigenvalue weighted by Crippen LogP contribution is -2.31. The molecule has 0 saturated carbocycles. The lowest BCUT2D eigenvalue weighted by molar-refractivity contribution is -0.137. The van der Waals surface area contributed by atoms with E-state index in [1.165, 1.54) is 0 Å². The molecule has 0 fully saturated rings. The predicted molar refractivity (Wildman–Crippen MR) is 104 cm³/mol. The van der Waals surface area contributed by atoms with Gasteiger partial charge in [0, 0.05) is 19.5 Å². The van der Waals surface area contributed by atoms with Gasteiger partial charge < -0.3 is 5.32 Å². The molecule has 0 heterocycles. The van der Waals surface area contributed by atoms with Crippen molar-refractivity contribution in [1.82, 2.24) is 10.0 Å². The molecular weight excluding hydrogens is 429 g/mol. The summed E-state index contributed by atoms with van der Waals surface area (Å²) in [6.07, 6.45) is -3.38. The summed E-state index contributed by atoms with van der Waals surface area (Å²) in [6.45, 7) is 0.198. The van der Waals surface area contributed by atoms with Gasteiger partial charge in [-0.1, -0.05) is 41.9 Å². The average molecular weight is 449 g/mol. The minimum absolute atomic E-state index is 0.135. The quantitative estimate of drug-likeness (QED) is 0.573. The highest BCUT2D eigenvalue weighted by Crippen LogP contribution is 2.35. The summed E-state index contributed by atoms with van der Waals surface area (Å²) in [6, 6.07) is 12.1. The van der Waals surface area contributed by atoms with Gasteiger partial charge in [-0.05, 0) is 36.6 Å². The van der Waals surface area contributed by atoms with Crippen LogP contribution in [-0.4, -0.2) is 27.4 Å². The molecule has 0 bridgehead atoms. The number of hydrogen-bond acceptors (Lipinski definition) is 3. The molecular formula is C19H20ClF3N2O3S. The van der Waals surface area contributed by atoms with E-state index in [-0.39, 0.29) is 18.9 Å². The van der Waals surface area contributed by atoms with Gasteiger partial charge in [-0.15, -0.1) is 0 Å². The molecule has 1 amide bonds. The molecule has 2 aromatic carbocycles. The second kappa shape index (κ2) is 10.1. The molecule has 2 rings (SSSR count). The van der Waals surface area contributed by atoms with Crippen LogP contribution in [0.1, 0.15) is 24.0 Å². The Kier molecular flexibility index (Phi) is 8.06. The van der Waals surface area contributed by atoms with Crippen LogP contribution in [0.25, 0.3) is 0 Å². The number of carbonyl (C=O) groups is 1. The topological polar surface area (TPSA) is 75.3 Å². The maximum absolute atomic E-state index is 12.9. The lowest BCUT2D eigenvalue weighted by Gasteiger charge is -2.12. The molecule has 0 aliphatic carbocycles. The number of halogens is 4. The highest BCUT2D eigenvalue weighted by molar-refractivity contribution is 7.89. The number of alkyl halides is 3. The first-order valence-corrected chi connectivity index (χ1v) is 10.6. The van der Waals surface area contributed by atoms with Gasteiger partial charge >= 0.3 is 6.18 Å². The van der Waals surface area contributed by atoms with E-state index >= 15 is 0 Å². The van der Waals surface area contributed by atoms with Gasteiger partial charge in [0.1, 0.15) is 0 Å². The van der Waals surface area contributed by atoms with E-state index in [4.69, 9.17) is 11.6 Å². The molecule has 0 atom stereocenters. The third-order valence-electron chi connectivity index (χ3n) is 4.00. The molecule has 10 heteroatoms. The standard InChI is InChI=1S/C19H20ClF3N2O3S/c20-17-9-8-15(13-16(17)19(21,22)23)29(27,28)25-12-10-18(26)24-11-4-7-14-5-2-1-3-6-14/h1-3,5-6,8-9,13,25H,4,7,10-12H2,(H,24,26). The molecule has 0 aliphatic heterocycles. The highest BCUT2D eigenvalue weighted by Gasteiger charge is 2.34. The fourth-order valence-corrected chi connectivity index (χ4v) is 3.81. The van der Waals surface area contributed by atoms with E-state index in [2.05, 4.69) is 10.0 Å². The first-order valence-electron chi connectivity index (χ1n) is 8.76. The Hall–Kier alpha value is -2.10. The van der Waals surface area contributed by atoms with Gasteiger partial charge in [0.25, 0.3) is 0 Å². The molecule has 2 N–H and O–H groups in total. The van der Waals surface area contributed by atoms with Crippen molar-refractivity contribution in [1.29, 1.82) is 0 Å². The zero-order valence-corrected chi connectivity index (χ0v) is 16.9. The van der Waals surface area contributed by atoms with Crippen molar-refractivity contribution >= 4 is 27.5 Å². The highest BCUT2D eigenvalue weighted by atomic mass is 35.5. The van der Waals surface area contributed by atoms with E-state index in [0.29, 0.717) is 12.6 Å². The molecule has 0 aliphatic rings. The molecule has 158 valence electrons. The summed E-state index contributed by atoms with van der Waals surface area (Å²) >= 11 is 5.49. The van der Waals surface area contributed by atoms with Gasteiger partial charge in [-0.25, -0.2) is 13.1 Å². The molecule has 0 aromatic heterocycles. The minimum Gasteiger partial charge on any atom is -0.356 e. The van der Waals surface area contributed by atoms with E-state index in [0.717, 1.165) is 30.5 Å². The Morgan fingerprint density at radius 3 is 2.38 bits per heavy atom. The molecule has 2 aromatic rings. The normalized spacial score (nSPS) is 12.0. The van der Waals surface area contributed by atoms with Crippen molar-refractivity contribution in [3.8, 4) is 0 Å². The summed E-state index contributed by atoms with van der Waals surface area (Å²) < 4.78 is 65.1. The van der Waals surface area contributed by atoms with E-state index in [1.54, 1.807) is 0 Å². The number of hydrogen-bond donors (Lipinski definition) is 2. The van der Waals surface area contributed by atoms with Crippen molar-refractivity contribution in [3.63, 3.8) is 0 Å². The van der Waals surface area contributed by atoms with Crippen LogP contribution in [0, 0.1) is 0 Å². The Bertz CT molecular complexity index is 935. The first kappa shape index (κ1) is 23.2. The van der Waals surface area contributed by atoms with Crippen molar-refractivity contribution in [3.05, 3.63) is 64.7 Å². The zero-order chi connectivity index (χ0) is 21.5. The van der Waals surface area contributed by atoms with Crippen LogP contribution in [0.5, 0.6) is 0 Å². The maximum Gasteiger partial charge on any atom is 0.417 e. The third kappa shape index (κ3) is 7.34. The average Bonchev–Trinajstić information content (AvgIpc) is 2.65. The van der Waals surface area contributed by atoms with Crippen LogP contribution in [0.4, 0.5) is 13.2 Å². The number of nitrogens with one attached hydrogen (secondary N) is 2. The molecule has 0 unspecified atom stereocenters. The van der Waals surface area contributed by atoms with Gasteiger partial charge in [0.05, 0.1) is 15.5 Å². The summed E-state index contributed by atoms with van der Waals surface area (Å²) in [5, 5.41) is 2.08. The second-order valence-electron chi connectivity index (χ2n) is 6.23. The Labute approximate surface area is 172 Å². The smallest absolute Gasteiger partial charge is 0.356 e. The zero-order valence-electron chi connectivity index (χ0n) is 15.3. The summed E-state index contributed by atoms with van der Waals surface area (Å²) in [5.41, 5.74) is -0.0890. The SMILES string of the molecule is O=C(CCNS(=O)(=O)c1ccc(Cl)c(C(F)(F)F)c1)NCCCc1ccccc1.